The number of halogens is 1. The van der Waals surface area contributed by atoms with Gasteiger partial charge < -0.3 is 20.7 Å². The maximum atomic E-state index is 13.2. The number of aliphatic imine (C=N–C) groups is 1. The molecule has 0 bridgehead atoms. The Balaban J connectivity index is 0.000000404. The number of nitrogens with one attached hydrogen (secondary N) is 3. The lowest BCUT2D eigenvalue weighted by Gasteiger charge is -2.29. The van der Waals surface area contributed by atoms with Crippen LogP contribution in [0, 0.1) is 33.6 Å². The van der Waals surface area contributed by atoms with Crippen molar-refractivity contribution in [1.82, 2.24) is 5.32 Å². The molecule has 0 spiro atoms. The first-order valence-corrected chi connectivity index (χ1v) is 14.9. The van der Waals surface area contributed by atoms with Crippen LogP contribution in [0.25, 0.3) is 0 Å². The summed E-state index contributed by atoms with van der Waals surface area (Å²) in [6.07, 6.45) is 6.40. The fraction of sp³-hybridized carbons (Fsp3) is 0.353. The molecule has 3 aromatic carbocycles. The lowest BCUT2D eigenvalue weighted by Crippen LogP contribution is -2.47. The quantitative estimate of drug-likeness (QED) is 0.142. The lowest BCUT2D eigenvalue weighted by atomic mass is 9.83. The van der Waals surface area contributed by atoms with Crippen LogP contribution >= 0.6 is 11.6 Å². The number of hydrogen-bond acceptors (Lipinski definition) is 6. The minimum Gasteiger partial charge on any atom is -0.467 e. The molecular formula is C34H39ClN4O5. The Morgan fingerprint density at radius 3 is 2.05 bits per heavy atom. The summed E-state index contributed by atoms with van der Waals surface area (Å²) < 4.78 is 4.95. The number of amides is 3. The number of aryl methyl sites for hydroxylation is 4. The highest BCUT2D eigenvalue weighted by molar-refractivity contribution is 6.31. The molecule has 0 heterocycles. The van der Waals surface area contributed by atoms with E-state index in [4.69, 9.17) is 16.3 Å². The van der Waals surface area contributed by atoms with E-state index in [0.29, 0.717) is 10.7 Å². The van der Waals surface area contributed by atoms with Gasteiger partial charge in [0.1, 0.15) is 6.04 Å². The van der Waals surface area contributed by atoms with Crippen LogP contribution in [-0.4, -0.2) is 37.1 Å². The van der Waals surface area contributed by atoms with Gasteiger partial charge in [0.2, 0.25) is 6.08 Å². The van der Waals surface area contributed by atoms with E-state index in [1.54, 1.807) is 12.1 Å². The van der Waals surface area contributed by atoms with Crippen molar-refractivity contribution in [3.63, 3.8) is 0 Å². The van der Waals surface area contributed by atoms with Crippen LogP contribution in [0.3, 0.4) is 0 Å². The van der Waals surface area contributed by atoms with Crippen LogP contribution < -0.4 is 16.0 Å². The molecule has 3 N–H and O–H groups in total. The average molecular weight is 619 g/mol. The Morgan fingerprint density at radius 2 is 1.48 bits per heavy atom. The molecule has 4 rings (SSSR count). The summed E-state index contributed by atoms with van der Waals surface area (Å²) in [6, 6.07) is 14.9. The van der Waals surface area contributed by atoms with Crippen LogP contribution in [0.5, 0.6) is 0 Å². The maximum Gasteiger partial charge on any atom is 0.328 e. The van der Waals surface area contributed by atoms with Crippen molar-refractivity contribution in [2.45, 2.75) is 65.8 Å². The van der Waals surface area contributed by atoms with Gasteiger partial charge in [0.25, 0.3) is 5.91 Å². The van der Waals surface area contributed by atoms with Crippen LogP contribution in [-0.2, 0) is 14.3 Å². The van der Waals surface area contributed by atoms with Gasteiger partial charge in [0.15, 0.2) is 0 Å². The second-order valence-electron chi connectivity index (χ2n) is 10.9. The summed E-state index contributed by atoms with van der Waals surface area (Å²) in [7, 11) is 1.32. The summed E-state index contributed by atoms with van der Waals surface area (Å²) in [5.41, 5.74) is 5.75. The van der Waals surface area contributed by atoms with Gasteiger partial charge in [0, 0.05) is 10.7 Å². The Labute approximate surface area is 263 Å². The number of para-hydroxylation sites is 2. The molecule has 1 saturated carbocycles. The van der Waals surface area contributed by atoms with E-state index in [-0.39, 0.29) is 17.2 Å². The number of hydrogen-bond donors (Lipinski definition) is 3. The minimum absolute atomic E-state index is 0.0196. The highest BCUT2D eigenvalue weighted by Crippen LogP contribution is 2.28. The first kappa shape index (κ1) is 34.0. The predicted molar refractivity (Wildman–Crippen MR) is 174 cm³/mol. The van der Waals surface area contributed by atoms with Crippen molar-refractivity contribution < 1.29 is 23.9 Å². The van der Waals surface area contributed by atoms with Crippen molar-refractivity contribution in [1.29, 1.82) is 0 Å². The lowest BCUT2D eigenvalue weighted by molar-refractivity contribution is -0.144. The Morgan fingerprint density at radius 1 is 0.886 bits per heavy atom. The average Bonchev–Trinajstić information content (AvgIpc) is 3.00. The SMILES string of the molecule is COC(=O)[C@@H](NC(=O)c1ccc(Cl)cc1NC(=O)Nc1c(C)cccc1C)C1CCCCC1.Cc1cccc(C)c1N=C=O. The fourth-order valence-electron chi connectivity index (χ4n) is 5.31. The molecule has 0 aliphatic heterocycles. The van der Waals surface area contributed by atoms with Crippen LogP contribution in [0.2, 0.25) is 5.02 Å². The van der Waals surface area contributed by atoms with Gasteiger partial charge in [-0.05, 0) is 86.9 Å². The van der Waals surface area contributed by atoms with E-state index < -0.39 is 23.9 Å². The van der Waals surface area contributed by atoms with Gasteiger partial charge >= 0.3 is 12.0 Å². The van der Waals surface area contributed by atoms with E-state index >= 15 is 0 Å². The molecule has 0 saturated heterocycles. The smallest absolute Gasteiger partial charge is 0.328 e. The van der Waals surface area contributed by atoms with Crippen LogP contribution in [0.15, 0.2) is 59.6 Å². The first-order valence-electron chi connectivity index (χ1n) is 14.5. The predicted octanol–water partition coefficient (Wildman–Crippen LogP) is 7.72. The molecule has 1 atom stereocenters. The number of nitrogens with zero attached hydrogens (tertiary/aromatic N) is 1. The summed E-state index contributed by atoms with van der Waals surface area (Å²) >= 11 is 6.14. The molecule has 0 unspecified atom stereocenters. The number of ether oxygens (including phenoxy) is 1. The van der Waals surface area contributed by atoms with Crippen molar-refractivity contribution >= 4 is 52.7 Å². The summed E-state index contributed by atoms with van der Waals surface area (Å²) in [5.74, 6) is -0.923. The van der Waals surface area contributed by atoms with Crippen molar-refractivity contribution in [2.24, 2.45) is 10.9 Å². The molecule has 3 amide bonds. The molecule has 0 radical (unpaired) electrons. The van der Waals surface area contributed by atoms with E-state index in [1.165, 1.54) is 19.2 Å². The number of benzene rings is 3. The summed E-state index contributed by atoms with van der Waals surface area (Å²) in [5, 5.41) is 8.75. The molecule has 44 heavy (non-hydrogen) atoms. The zero-order chi connectivity index (χ0) is 32.2. The number of rotatable bonds is 7. The highest BCUT2D eigenvalue weighted by atomic mass is 35.5. The number of isocyanates is 1. The van der Waals surface area contributed by atoms with Crippen LogP contribution in [0.1, 0.15) is 64.7 Å². The number of anilines is 2. The van der Waals surface area contributed by atoms with Gasteiger partial charge in [-0.15, -0.1) is 0 Å². The largest absolute Gasteiger partial charge is 0.467 e. The zero-order valence-corrected chi connectivity index (χ0v) is 26.5. The summed E-state index contributed by atoms with van der Waals surface area (Å²) in [6.45, 7) is 7.64. The number of carbonyl (C=O) groups is 3. The number of methoxy groups -OCH3 is 1. The number of urea groups is 1. The summed E-state index contributed by atoms with van der Waals surface area (Å²) in [4.78, 5) is 51.9. The van der Waals surface area contributed by atoms with Crippen molar-refractivity contribution in [3.8, 4) is 0 Å². The molecule has 3 aromatic rings. The molecule has 1 aliphatic carbocycles. The topological polar surface area (TPSA) is 126 Å². The molecular weight excluding hydrogens is 580 g/mol. The normalized spacial score (nSPS) is 13.3. The van der Waals surface area contributed by atoms with Gasteiger partial charge in [-0.3, -0.25) is 4.79 Å². The maximum absolute atomic E-state index is 13.2. The second kappa shape index (κ2) is 16.4. The molecule has 1 fully saturated rings. The molecule has 10 heteroatoms. The van der Waals surface area contributed by atoms with Crippen molar-refractivity contribution in [2.75, 3.05) is 17.7 Å². The Bertz CT molecular complexity index is 1500. The van der Waals surface area contributed by atoms with Gasteiger partial charge in [-0.2, -0.15) is 4.99 Å². The third kappa shape index (κ3) is 9.27. The second-order valence-corrected chi connectivity index (χ2v) is 11.3. The first-order chi connectivity index (χ1) is 21.0. The highest BCUT2D eigenvalue weighted by Gasteiger charge is 2.32. The standard InChI is InChI=1S/C25H30ClN3O4.C9H9NO/c1-15-8-7-9-16(2)21(15)29-25(32)27-20-14-18(26)12-13-19(20)23(30)28-22(24(31)33-3)17-10-5-4-6-11-17;1-7-4-3-5-8(2)9(7)10-6-11/h7-9,12-14,17,22H,4-6,10-11H2,1-3H3,(H,28,30)(H2,27,29,32);3-5H,1-2H3/t22-;/m0./s1. The van der Waals surface area contributed by atoms with Gasteiger partial charge in [-0.25, -0.2) is 14.4 Å². The molecule has 1 aliphatic rings. The molecule has 232 valence electrons. The third-order valence-corrected chi connectivity index (χ3v) is 7.89. The van der Waals surface area contributed by atoms with Crippen molar-refractivity contribution in [3.05, 3.63) is 87.4 Å². The number of esters is 1. The Kier molecular flexibility index (Phi) is 12.7. The monoisotopic (exact) mass is 618 g/mol. The van der Waals surface area contributed by atoms with E-state index in [9.17, 15) is 19.2 Å². The zero-order valence-electron chi connectivity index (χ0n) is 25.8. The fourth-order valence-corrected chi connectivity index (χ4v) is 5.48. The van der Waals surface area contributed by atoms with Crippen LogP contribution in [0.4, 0.5) is 21.9 Å². The van der Waals surface area contributed by atoms with E-state index in [2.05, 4.69) is 20.9 Å². The third-order valence-electron chi connectivity index (χ3n) is 7.65. The molecule has 0 aromatic heterocycles. The minimum atomic E-state index is -0.741. The molecule has 9 nitrogen and oxygen atoms in total. The number of carbonyl (C=O) groups excluding carboxylic acids is 4. The van der Waals surface area contributed by atoms with Gasteiger partial charge in [0.05, 0.1) is 24.0 Å². The Hall–Kier alpha value is -4.46. The van der Waals surface area contributed by atoms with E-state index in [0.717, 1.165) is 60.0 Å². The van der Waals surface area contributed by atoms with E-state index in [1.807, 2.05) is 64.1 Å². The van der Waals surface area contributed by atoms with Gasteiger partial charge in [-0.1, -0.05) is 67.3 Å².